The number of aromatic nitrogens is 2. The van der Waals surface area contributed by atoms with Crippen molar-refractivity contribution >= 4 is 11.7 Å². The van der Waals surface area contributed by atoms with Crippen LogP contribution in [-0.4, -0.2) is 41.0 Å². The zero-order valence-electron chi connectivity index (χ0n) is 14.5. The Labute approximate surface area is 148 Å². The van der Waals surface area contributed by atoms with Gasteiger partial charge in [0, 0.05) is 38.2 Å². The predicted molar refractivity (Wildman–Crippen MR) is 95.9 cm³/mol. The van der Waals surface area contributed by atoms with Gasteiger partial charge in [0.25, 0.3) is 5.91 Å². The van der Waals surface area contributed by atoms with Crippen molar-refractivity contribution < 1.29 is 9.53 Å². The largest absolute Gasteiger partial charge is 0.382 e. The topological polar surface area (TPSA) is 81.3 Å². The zero-order chi connectivity index (χ0) is 17.6. The molecule has 1 aromatic carbocycles. The number of carbonyl (C=O) groups excluding carboxylic acids is 1. The van der Waals surface area contributed by atoms with Crippen molar-refractivity contribution in [3.63, 3.8) is 0 Å². The summed E-state index contributed by atoms with van der Waals surface area (Å²) in [5.74, 6) is 0.935. The third-order valence-electron chi connectivity index (χ3n) is 4.61. The van der Waals surface area contributed by atoms with Gasteiger partial charge in [-0.05, 0) is 42.9 Å². The lowest BCUT2D eigenvalue weighted by Gasteiger charge is -2.33. The lowest BCUT2D eigenvalue weighted by atomic mass is 9.92. The van der Waals surface area contributed by atoms with Crippen molar-refractivity contribution in [2.75, 3.05) is 25.9 Å². The molecule has 1 saturated heterocycles. The van der Waals surface area contributed by atoms with Crippen LogP contribution in [0.4, 0.5) is 5.82 Å². The number of anilines is 1. The van der Waals surface area contributed by atoms with Gasteiger partial charge in [-0.2, -0.15) is 0 Å². The highest BCUT2D eigenvalue weighted by Gasteiger charge is 2.25. The van der Waals surface area contributed by atoms with E-state index in [9.17, 15) is 4.79 Å². The van der Waals surface area contributed by atoms with Crippen molar-refractivity contribution in [3.8, 4) is 0 Å². The highest BCUT2D eigenvalue weighted by Crippen LogP contribution is 2.23. The fourth-order valence-electron chi connectivity index (χ4n) is 3.32. The molecule has 1 aromatic heterocycles. The summed E-state index contributed by atoms with van der Waals surface area (Å²) in [4.78, 5) is 23.1. The van der Waals surface area contributed by atoms with E-state index in [2.05, 4.69) is 9.97 Å². The monoisotopic (exact) mass is 340 g/mol. The number of benzene rings is 1. The van der Waals surface area contributed by atoms with Crippen LogP contribution in [0, 0.1) is 5.92 Å². The first kappa shape index (κ1) is 17.4. The first-order valence-corrected chi connectivity index (χ1v) is 8.60. The summed E-state index contributed by atoms with van der Waals surface area (Å²) in [6.07, 6.45) is 6.10. The number of piperidine rings is 1. The predicted octanol–water partition coefficient (Wildman–Crippen LogP) is 2.30. The van der Waals surface area contributed by atoms with Gasteiger partial charge in [0.15, 0.2) is 0 Å². The van der Waals surface area contributed by atoms with Crippen LogP contribution in [0.15, 0.2) is 36.7 Å². The number of methoxy groups -OCH3 is 1. The maximum atomic E-state index is 12.8. The van der Waals surface area contributed by atoms with E-state index in [-0.39, 0.29) is 5.91 Å². The van der Waals surface area contributed by atoms with Gasteiger partial charge in [-0.3, -0.25) is 9.78 Å². The second-order valence-electron chi connectivity index (χ2n) is 6.48. The number of ether oxygens (including phenoxy) is 1. The number of rotatable bonds is 5. The molecule has 1 aliphatic rings. The second kappa shape index (κ2) is 8.07. The van der Waals surface area contributed by atoms with E-state index in [1.165, 1.54) is 0 Å². The first-order valence-electron chi connectivity index (χ1n) is 8.60. The number of hydrogen-bond acceptors (Lipinski definition) is 5. The number of likely N-dealkylation sites (tertiary alicyclic amines) is 1. The highest BCUT2D eigenvalue weighted by molar-refractivity contribution is 5.94. The Hall–Kier alpha value is -2.47. The first-order chi connectivity index (χ1) is 12.2. The molecule has 1 aliphatic heterocycles. The molecule has 3 rings (SSSR count). The summed E-state index contributed by atoms with van der Waals surface area (Å²) < 4.78 is 5.11. The summed E-state index contributed by atoms with van der Waals surface area (Å²) in [5.41, 5.74) is 8.51. The van der Waals surface area contributed by atoms with Gasteiger partial charge < -0.3 is 15.4 Å². The molecule has 1 fully saturated rings. The van der Waals surface area contributed by atoms with Crippen molar-refractivity contribution in [2.24, 2.45) is 5.92 Å². The SMILES string of the molecule is COCc1ccc(C(=O)N2CCC[C@H](Cc3nccnc3N)C2)cc1. The molecule has 0 spiro atoms. The molecule has 2 N–H and O–H groups in total. The van der Waals surface area contributed by atoms with E-state index < -0.39 is 0 Å². The van der Waals surface area contributed by atoms with Crippen LogP contribution >= 0.6 is 0 Å². The second-order valence-corrected chi connectivity index (χ2v) is 6.48. The van der Waals surface area contributed by atoms with Gasteiger partial charge in [0.2, 0.25) is 0 Å². The molecule has 1 amide bonds. The lowest BCUT2D eigenvalue weighted by Crippen LogP contribution is -2.40. The molecule has 0 unspecified atom stereocenters. The Kier molecular flexibility index (Phi) is 5.60. The van der Waals surface area contributed by atoms with Crippen LogP contribution in [0.25, 0.3) is 0 Å². The van der Waals surface area contributed by atoms with Crippen LogP contribution in [0.2, 0.25) is 0 Å². The van der Waals surface area contributed by atoms with Gasteiger partial charge in [-0.25, -0.2) is 4.98 Å². The zero-order valence-corrected chi connectivity index (χ0v) is 14.5. The van der Waals surface area contributed by atoms with Gasteiger partial charge in [-0.15, -0.1) is 0 Å². The van der Waals surface area contributed by atoms with Crippen LogP contribution in [0.5, 0.6) is 0 Å². The van der Waals surface area contributed by atoms with Crippen LogP contribution in [0.3, 0.4) is 0 Å². The Bertz CT molecular complexity index is 718. The van der Waals surface area contributed by atoms with Crippen LogP contribution in [-0.2, 0) is 17.8 Å². The van der Waals surface area contributed by atoms with Gasteiger partial charge in [0.1, 0.15) is 5.82 Å². The van der Waals surface area contributed by atoms with Crippen molar-refractivity contribution in [1.29, 1.82) is 0 Å². The van der Waals surface area contributed by atoms with Gasteiger partial charge >= 0.3 is 0 Å². The number of carbonyl (C=O) groups is 1. The fourth-order valence-corrected chi connectivity index (χ4v) is 3.32. The van der Waals surface area contributed by atoms with E-state index in [1.54, 1.807) is 19.5 Å². The lowest BCUT2D eigenvalue weighted by molar-refractivity contribution is 0.0673. The fraction of sp³-hybridized carbons (Fsp3) is 0.421. The molecule has 6 nitrogen and oxygen atoms in total. The Morgan fingerprint density at radius 1 is 1.28 bits per heavy atom. The molecule has 0 bridgehead atoms. The van der Waals surface area contributed by atoms with E-state index in [1.807, 2.05) is 29.2 Å². The number of hydrogen-bond donors (Lipinski definition) is 1. The molecule has 1 atom stereocenters. The summed E-state index contributed by atoms with van der Waals surface area (Å²) >= 11 is 0. The third-order valence-corrected chi connectivity index (χ3v) is 4.61. The quantitative estimate of drug-likeness (QED) is 0.903. The van der Waals surface area contributed by atoms with Crippen LogP contribution in [0.1, 0.15) is 34.5 Å². The van der Waals surface area contributed by atoms with E-state index >= 15 is 0 Å². The van der Waals surface area contributed by atoms with Crippen molar-refractivity contribution in [2.45, 2.75) is 25.9 Å². The summed E-state index contributed by atoms with van der Waals surface area (Å²) in [6.45, 7) is 2.08. The molecule has 0 radical (unpaired) electrons. The Morgan fingerprint density at radius 2 is 2.04 bits per heavy atom. The average molecular weight is 340 g/mol. The molecular weight excluding hydrogens is 316 g/mol. The highest BCUT2D eigenvalue weighted by atomic mass is 16.5. The maximum absolute atomic E-state index is 12.8. The van der Waals surface area contributed by atoms with Gasteiger partial charge in [-0.1, -0.05) is 12.1 Å². The van der Waals surface area contributed by atoms with Crippen molar-refractivity contribution in [3.05, 3.63) is 53.5 Å². The minimum Gasteiger partial charge on any atom is -0.382 e. The molecule has 2 aromatic rings. The van der Waals surface area contributed by atoms with Gasteiger partial charge in [0.05, 0.1) is 12.3 Å². The molecule has 132 valence electrons. The van der Waals surface area contributed by atoms with E-state index in [0.717, 1.165) is 49.2 Å². The van der Waals surface area contributed by atoms with E-state index in [0.29, 0.717) is 18.3 Å². The number of amides is 1. The van der Waals surface area contributed by atoms with Crippen molar-refractivity contribution in [1.82, 2.24) is 14.9 Å². The standard InChI is InChI=1S/C19H24N4O2/c1-25-13-14-4-6-16(7-5-14)19(24)23-10-2-3-15(12-23)11-17-18(20)22-9-8-21-17/h4-9,15H,2-3,10-13H2,1H3,(H2,20,22)/t15-/m1/s1. The smallest absolute Gasteiger partial charge is 0.253 e. The molecular formula is C19H24N4O2. The molecule has 6 heteroatoms. The molecule has 25 heavy (non-hydrogen) atoms. The minimum atomic E-state index is 0.0841. The molecule has 2 heterocycles. The number of nitrogens with two attached hydrogens (primary N) is 1. The minimum absolute atomic E-state index is 0.0841. The summed E-state index contributed by atoms with van der Waals surface area (Å²) in [7, 11) is 1.66. The Balaban J connectivity index is 1.64. The number of nitrogens with zero attached hydrogens (tertiary/aromatic N) is 3. The normalized spacial score (nSPS) is 17.5. The molecule has 0 saturated carbocycles. The maximum Gasteiger partial charge on any atom is 0.253 e. The summed E-state index contributed by atoms with van der Waals surface area (Å²) in [5, 5.41) is 0. The molecule has 0 aliphatic carbocycles. The number of nitrogen functional groups attached to an aromatic ring is 1. The summed E-state index contributed by atoms with van der Waals surface area (Å²) in [6, 6.07) is 7.64. The van der Waals surface area contributed by atoms with E-state index in [4.69, 9.17) is 10.5 Å². The average Bonchev–Trinajstić information content (AvgIpc) is 2.64. The Morgan fingerprint density at radius 3 is 2.76 bits per heavy atom. The third kappa shape index (κ3) is 4.33. The van der Waals surface area contributed by atoms with Crippen LogP contribution < -0.4 is 5.73 Å².